The van der Waals surface area contributed by atoms with E-state index in [1.54, 1.807) is 0 Å². The van der Waals surface area contributed by atoms with Crippen molar-refractivity contribution < 1.29 is 19.1 Å². The number of hydrogen-bond acceptors (Lipinski definition) is 4. The third-order valence-electron chi connectivity index (χ3n) is 5.03. The highest BCUT2D eigenvalue weighted by molar-refractivity contribution is 6.04. The van der Waals surface area contributed by atoms with E-state index < -0.39 is 6.03 Å². The van der Waals surface area contributed by atoms with E-state index in [1.807, 2.05) is 12.1 Å². The molecule has 0 spiro atoms. The first-order chi connectivity index (χ1) is 12.0. The van der Waals surface area contributed by atoms with Gasteiger partial charge in [0.25, 0.3) is 5.91 Å². The molecule has 0 saturated carbocycles. The fraction of sp³-hybridized carbons (Fsp3) is 0.500. The maximum absolute atomic E-state index is 12.3. The summed E-state index contributed by atoms with van der Waals surface area (Å²) in [4.78, 5) is 36.4. The Morgan fingerprint density at radius 1 is 1.28 bits per heavy atom. The van der Waals surface area contributed by atoms with Gasteiger partial charge in [-0.15, -0.1) is 0 Å². The number of nitrogens with zero attached hydrogens (tertiary/aromatic N) is 1. The molecule has 2 heterocycles. The van der Waals surface area contributed by atoms with Gasteiger partial charge in [-0.3, -0.25) is 14.5 Å². The van der Waals surface area contributed by atoms with Crippen LogP contribution in [-0.4, -0.2) is 55.6 Å². The second kappa shape index (κ2) is 7.23. The van der Waals surface area contributed by atoms with E-state index in [9.17, 15) is 14.4 Å². The summed E-state index contributed by atoms with van der Waals surface area (Å²) in [5.41, 5.74) is 2.22. The fourth-order valence-corrected chi connectivity index (χ4v) is 3.55. The number of amides is 4. The van der Waals surface area contributed by atoms with E-state index in [4.69, 9.17) is 4.74 Å². The Morgan fingerprint density at radius 2 is 2.00 bits per heavy atom. The molecule has 4 amide bonds. The van der Waals surface area contributed by atoms with Gasteiger partial charge in [0, 0.05) is 25.2 Å². The smallest absolute Gasteiger partial charge is 0.325 e. The number of rotatable bonds is 5. The maximum atomic E-state index is 12.3. The molecule has 3 rings (SSSR count). The first kappa shape index (κ1) is 17.4. The van der Waals surface area contributed by atoms with Gasteiger partial charge in [-0.25, -0.2) is 4.79 Å². The predicted molar refractivity (Wildman–Crippen MR) is 91.0 cm³/mol. The van der Waals surface area contributed by atoms with Gasteiger partial charge in [0.1, 0.15) is 6.54 Å². The Hall–Kier alpha value is -2.41. The average Bonchev–Trinajstić information content (AvgIpc) is 2.93. The third kappa shape index (κ3) is 3.66. The van der Waals surface area contributed by atoms with Gasteiger partial charge in [-0.2, -0.15) is 0 Å². The molecule has 1 aromatic rings. The van der Waals surface area contributed by atoms with Crippen molar-refractivity contribution in [2.45, 2.75) is 25.2 Å². The molecular weight excluding hydrogens is 322 g/mol. The van der Waals surface area contributed by atoms with Crippen LogP contribution in [0.3, 0.4) is 0 Å². The second-order valence-electron chi connectivity index (χ2n) is 6.62. The van der Waals surface area contributed by atoms with Crippen molar-refractivity contribution in [1.82, 2.24) is 15.5 Å². The lowest BCUT2D eigenvalue weighted by Crippen LogP contribution is -2.48. The van der Waals surface area contributed by atoms with E-state index in [0.29, 0.717) is 19.8 Å². The molecule has 0 aliphatic carbocycles. The molecule has 0 bridgehead atoms. The Kier molecular flexibility index (Phi) is 5.03. The molecule has 25 heavy (non-hydrogen) atoms. The number of urea groups is 1. The van der Waals surface area contributed by atoms with Crippen LogP contribution in [0.1, 0.15) is 24.0 Å². The van der Waals surface area contributed by atoms with Crippen molar-refractivity contribution >= 4 is 17.8 Å². The van der Waals surface area contributed by atoms with Crippen LogP contribution in [0.2, 0.25) is 0 Å². The van der Waals surface area contributed by atoms with Gasteiger partial charge < -0.3 is 15.4 Å². The van der Waals surface area contributed by atoms with Crippen molar-refractivity contribution in [3.8, 4) is 0 Å². The van der Waals surface area contributed by atoms with E-state index in [-0.39, 0.29) is 30.3 Å². The van der Waals surface area contributed by atoms with Gasteiger partial charge in [0.05, 0.1) is 6.54 Å². The number of carbonyl (C=O) groups is 3. The SMILES string of the molecule is Cc1ccccc1C1(CNC(=O)CN2C(=O)CNC2=O)CCOCC1. The molecule has 2 aliphatic rings. The van der Waals surface area contributed by atoms with Gasteiger partial charge in [0.2, 0.25) is 5.91 Å². The van der Waals surface area contributed by atoms with Crippen LogP contribution in [0, 0.1) is 6.92 Å². The van der Waals surface area contributed by atoms with Crippen LogP contribution < -0.4 is 10.6 Å². The predicted octanol–water partition coefficient (Wildman–Crippen LogP) is 0.711. The van der Waals surface area contributed by atoms with Crippen molar-refractivity contribution in [2.75, 3.05) is 32.8 Å². The normalized spacial score (nSPS) is 19.6. The molecule has 2 saturated heterocycles. The van der Waals surface area contributed by atoms with Gasteiger partial charge in [-0.1, -0.05) is 24.3 Å². The molecule has 2 fully saturated rings. The molecule has 2 aliphatic heterocycles. The number of carbonyl (C=O) groups excluding carboxylic acids is 3. The van der Waals surface area contributed by atoms with Gasteiger partial charge in [-0.05, 0) is 30.9 Å². The molecule has 0 atom stereocenters. The summed E-state index contributed by atoms with van der Waals surface area (Å²) in [6, 6.07) is 7.67. The third-order valence-corrected chi connectivity index (χ3v) is 5.03. The zero-order valence-electron chi connectivity index (χ0n) is 14.3. The Bertz CT molecular complexity index is 667. The van der Waals surface area contributed by atoms with Crippen molar-refractivity contribution in [2.24, 2.45) is 0 Å². The number of hydrogen-bond donors (Lipinski definition) is 2. The molecule has 2 N–H and O–H groups in total. The van der Waals surface area contributed by atoms with Crippen LogP contribution in [0.4, 0.5) is 4.79 Å². The molecule has 1 aromatic carbocycles. The lowest BCUT2D eigenvalue weighted by molar-refractivity contribution is -0.130. The van der Waals surface area contributed by atoms with Crippen LogP contribution in [-0.2, 0) is 19.7 Å². The highest BCUT2D eigenvalue weighted by Gasteiger charge is 2.36. The van der Waals surface area contributed by atoms with Crippen LogP contribution in [0.5, 0.6) is 0 Å². The minimum absolute atomic E-state index is 0.0450. The molecular formula is C18H23N3O4. The first-order valence-corrected chi connectivity index (χ1v) is 8.51. The highest BCUT2D eigenvalue weighted by Crippen LogP contribution is 2.36. The van der Waals surface area contributed by atoms with E-state index in [2.05, 4.69) is 29.7 Å². The second-order valence-corrected chi connectivity index (χ2v) is 6.62. The summed E-state index contributed by atoms with van der Waals surface area (Å²) in [6.07, 6.45) is 1.64. The Morgan fingerprint density at radius 3 is 2.64 bits per heavy atom. The summed E-state index contributed by atoms with van der Waals surface area (Å²) < 4.78 is 5.51. The van der Waals surface area contributed by atoms with E-state index in [1.165, 1.54) is 11.1 Å². The molecule has 0 radical (unpaired) electrons. The first-order valence-electron chi connectivity index (χ1n) is 8.51. The zero-order chi connectivity index (χ0) is 17.9. The zero-order valence-corrected chi connectivity index (χ0v) is 14.3. The minimum Gasteiger partial charge on any atom is -0.381 e. The molecule has 0 aromatic heterocycles. The monoisotopic (exact) mass is 345 g/mol. The average molecular weight is 345 g/mol. The van der Waals surface area contributed by atoms with Gasteiger partial charge in [0.15, 0.2) is 0 Å². The maximum Gasteiger partial charge on any atom is 0.325 e. The Labute approximate surface area is 146 Å². The van der Waals surface area contributed by atoms with E-state index in [0.717, 1.165) is 17.7 Å². The van der Waals surface area contributed by atoms with Gasteiger partial charge >= 0.3 is 6.03 Å². The number of benzene rings is 1. The van der Waals surface area contributed by atoms with Crippen LogP contribution >= 0.6 is 0 Å². The fourth-order valence-electron chi connectivity index (χ4n) is 3.55. The number of ether oxygens (including phenoxy) is 1. The summed E-state index contributed by atoms with van der Waals surface area (Å²) >= 11 is 0. The molecule has 134 valence electrons. The quantitative estimate of drug-likeness (QED) is 0.770. The molecule has 0 unspecified atom stereocenters. The van der Waals surface area contributed by atoms with Crippen LogP contribution in [0.15, 0.2) is 24.3 Å². The van der Waals surface area contributed by atoms with E-state index >= 15 is 0 Å². The topological polar surface area (TPSA) is 87.7 Å². The number of nitrogens with one attached hydrogen (secondary N) is 2. The minimum atomic E-state index is -0.514. The van der Waals surface area contributed by atoms with Crippen LogP contribution in [0.25, 0.3) is 0 Å². The van der Waals surface area contributed by atoms with Crippen molar-refractivity contribution in [1.29, 1.82) is 0 Å². The highest BCUT2D eigenvalue weighted by atomic mass is 16.5. The number of imide groups is 1. The summed E-state index contributed by atoms with van der Waals surface area (Å²) in [5.74, 6) is -0.704. The van der Waals surface area contributed by atoms with Crippen molar-refractivity contribution in [3.63, 3.8) is 0 Å². The molecule has 7 heteroatoms. The standard InChI is InChI=1S/C18H23N3O4/c1-13-4-2-3-5-14(13)18(6-8-25-9-7-18)12-20-15(22)11-21-16(23)10-19-17(21)24/h2-5H,6-12H2,1H3,(H,19,24)(H,20,22). The lowest BCUT2D eigenvalue weighted by Gasteiger charge is -2.39. The summed E-state index contributed by atoms with van der Waals surface area (Å²) in [6.45, 7) is 3.54. The largest absolute Gasteiger partial charge is 0.381 e. The number of aryl methyl sites for hydroxylation is 1. The Balaban J connectivity index is 1.69. The summed E-state index contributed by atoms with van der Waals surface area (Å²) in [7, 11) is 0. The molecule has 7 nitrogen and oxygen atoms in total. The van der Waals surface area contributed by atoms with Crippen molar-refractivity contribution in [3.05, 3.63) is 35.4 Å². The lowest BCUT2D eigenvalue weighted by atomic mass is 9.72. The summed E-state index contributed by atoms with van der Waals surface area (Å²) in [5, 5.41) is 5.33.